The summed E-state index contributed by atoms with van der Waals surface area (Å²) in [6.45, 7) is 17.3. The number of rotatable bonds is 2. The summed E-state index contributed by atoms with van der Waals surface area (Å²) in [4.78, 5) is 5.43. The highest BCUT2D eigenvalue weighted by Crippen LogP contribution is 2.48. The Balaban J connectivity index is 1.78. The standard InChI is InChI=1S/C34H37N2O2/c1-19-12-20(2)15-27(14-19)32-33-28-16-21(3)13-24(6)31(28)34(37-25(7)17-26(8)38-34)36(33)18-29(35-32)30-22(4)10-9-11-23(30)5/h9-16,18,25-26H,17H2,1-8H3/q+1. The van der Waals surface area contributed by atoms with Crippen LogP contribution in [-0.4, -0.2) is 17.2 Å². The van der Waals surface area contributed by atoms with Gasteiger partial charge in [0.15, 0.2) is 0 Å². The van der Waals surface area contributed by atoms with Crippen LogP contribution in [0.2, 0.25) is 0 Å². The Labute approximate surface area is 226 Å². The minimum Gasteiger partial charge on any atom is -0.287 e. The van der Waals surface area contributed by atoms with Gasteiger partial charge in [-0.25, -0.2) is 4.98 Å². The number of benzene rings is 3. The molecule has 2 atom stereocenters. The number of fused-ring (bicyclic) bond motifs is 5. The average Bonchev–Trinajstić information content (AvgIpc) is 3.06. The number of hydrogen-bond acceptors (Lipinski definition) is 3. The number of aryl methyl sites for hydroxylation is 6. The molecule has 2 aliphatic heterocycles. The zero-order valence-electron chi connectivity index (χ0n) is 23.8. The SMILES string of the molecule is Cc1cc(C)cc(-c2nc(-c3c(C)cccc3C)c[n+]3c2-c2cc(C)cc(C)c2C32OC(C)CC(C)O2)c1. The quantitative estimate of drug-likeness (QED) is 0.266. The van der Waals surface area contributed by atoms with E-state index in [1.807, 2.05) is 0 Å². The molecule has 0 aliphatic carbocycles. The summed E-state index contributed by atoms with van der Waals surface area (Å²) in [5.41, 5.74) is 14.7. The van der Waals surface area contributed by atoms with Crippen LogP contribution in [0.1, 0.15) is 59.2 Å². The van der Waals surface area contributed by atoms with Crippen LogP contribution in [0.15, 0.2) is 54.7 Å². The van der Waals surface area contributed by atoms with Crippen LogP contribution in [0.5, 0.6) is 0 Å². The summed E-state index contributed by atoms with van der Waals surface area (Å²) in [6.07, 6.45) is 3.12. The Hall–Kier alpha value is -3.34. The molecule has 1 aromatic heterocycles. The van der Waals surface area contributed by atoms with Gasteiger partial charge in [-0.2, -0.15) is 0 Å². The molecular formula is C34H37N2O2+. The second-order valence-electron chi connectivity index (χ2n) is 11.5. The van der Waals surface area contributed by atoms with E-state index in [9.17, 15) is 0 Å². The van der Waals surface area contributed by atoms with Gasteiger partial charge < -0.3 is 0 Å². The van der Waals surface area contributed by atoms with Gasteiger partial charge in [0.1, 0.15) is 17.0 Å². The van der Waals surface area contributed by atoms with Gasteiger partial charge in [0.2, 0.25) is 11.9 Å². The second kappa shape index (κ2) is 8.86. The lowest BCUT2D eigenvalue weighted by molar-refractivity contribution is -0.840. The fourth-order valence-electron chi connectivity index (χ4n) is 6.71. The molecule has 3 aromatic carbocycles. The maximum atomic E-state index is 6.88. The fourth-order valence-corrected chi connectivity index (χ4v) is 6.71. The number of hydrogen-bond donors (Lipinski definition) is 0. The van der Waals surface area contributed by atoms with Crippen molar-refractivity contribution in [3.8, 4) is 33.8 Å². The molecule has 3 heterocycles. The molecule has 4 aromatic rings. The topological polar surface area (TPSA) is 35.2 Å². The van der Waals surface area contributed by atoms with E-state index in [1.54, 1.807) is 0 Å². The molecule has 0 N–H and O–H groups in total. The Kier molecular flexibility index (Phi) is 5.82. The van der Waals surface area contributed by atoms with E-state index in [2.05, 4.69) is 115 Å². The van der Waals surface area contributed by atoms with Crippen molar-refractivity contribution in [2.75, 3.05) is 0 Å². The van der Waals surface area contributed by atoms with E-state index >= 15 is 0 Å². The molecule has 0 radical (unpaired) electrons. The molecule has 0 amide bonds. The van der Waals surface area contributed by atoms with Crippen molar-refractivity contribution in [1.82, 2.24) is 4.98 Å². The van der Waals surface area contributed by atoms with Gasteiger partial charge in [-0.3, -0.25) is 9.47 Å². The highest BCUT2D eigenvalue weighted by atomic mass is 16.7. The summed E-state index contributed by atoms with van der Waals surface area (Å²) >= 11 is 0. The smallest absolute Gasteiger partial charge is 0.287 e. The molecule has 0 saturated carbocycles. The maximum Gasteiger partial charge on any atom is 0.422 e. The summed E-state index contributed by atoms with van der Waals surface area (Å²) in [5.74, 6) is -1.04. The Bertz CT molecular complexity index is 1550. The van der Waals surface area contributed by atoms with Gasteiger partial charge in [0.25, 0.3) is 0 Å². The third kappa shape index (κ3) is 3.81. The summed E-state index contributed by atoms with van der Waals surface area (Å²) in [7, 11) is 0. The van der Waals surface area contributed by atoms with E-state index < -0.39 is 5.91 Å². The predicted molar refractivity (Wildman–Crippen MR) is 152 cm³/mol. The number of aromatic nitrogens is 2. The highest BCUT2D eigenvalue weighted by Gasteiger charge is 2.60. The fraction of sp³-hybridized carbons (Fsp3) is 0.353. The van der Waals surface area contributed by atoms with E-state index in [0.717, 1.165) is 45.8 Å². The van der Waals surface area contributed by atoms with Crippen molar-refractivity contribution in [1.29, 1.82) is 0 Å². The lowest BCUT2D eigenvalue weighted by atomic mass is 9.94. The first-order valence-electron chi connectivity index (χ1n) is 13.7. The van der Waals surface area contributed by atoms with Gasteiger partial charge in [0.05, 0.1) is 17.8 Å². The highest BCUT2D eigenvalue weighted by molar-refractivity contribution is 5.83. The van der Waals surface area contributed by atoms with Crippen LogP contribution in [-0.2, 0) is 15.4 Å². The zero-order chi connectivity index (χ0) is 26.9. The lowest BCUT2D eigenvalue weighted by Crippen LogP contribution is -2.63. The number of nitrogens with zero attached hydrogens (tertiary/aromatic N) is 2. The predicted octanol–water partition coefficient (Wildman–Crippen LogP) is 7.41. The van der Waals surface area contributed by atoms with Crippen LogP contribution in [0, 0.1) is 41.5 Å². The molecule has 0 bridgehead atoms. The average molecular weight is 506 g/mol. The van der Waals surface area contributed by atoms with Crippen LogP contribution >= 0.6 is 0 Å². The molecule has 6 rings (SSSR count). The van der Waals surface area contributed by atoms with Crippen molar-refractivity contribution in [3.63, 3.8) is 0 Å². The Morgan fingerprint density at radius 3 is 2.03 bits per heavy atom. The van der Waals surface area contributed by atoms with Crippen molar-refractivity contribution >= 4 is 0 Å². The minimum absolute atomic E-state index is 0.0484. The van der Waals surface area contributed by atoms with Gasteiger partial charge in [-0.15, -0.1) is 4.57 Å². The second-order valence-corrected chi connectivity index (χ2v) is 11.5. The van der Waals surface area contributed by atoms with Crippen molar-refractivity contribution in [2.45, 2.75) is 79.9 Å². The molecular weight excluding hydrogens is 468 g/mol. The Morgan fingerprint density at radius 2 is 1.39 bits per heavy atom. The third-order valence-electron chi connectivity index (χ3n) is 7.94. The molecule has 1 saturated heterocycles. The Morgan fingerprint density at radius 1 is 0.789 bits per heavy atom. The molecule has 194 valence electrons. The van der Waals surface area contributed by atoms with Gasteiger partial charge >= 0.3 is 5.91 Å². The van der Waals surface area contributed by atoms with E-state index in [0.29, 0.717) is 0 Å². The molecule has 1 fully saturated rings. The van der Waals surface area contributed by atoms with Crippen LogP contribution in [0.25, 0.3) is 33.8 Å². The lowest BCUT2D eigenvalue weighted by Gasteiger charge is -2.37. The number of ether oxygens (including phenoxy) is 2. The van der Waals surface area contributed by atoms with Crippen LogP contribution in [0.4, 0.5) is 0 Å². The van der Waals surface area contributed by atoms with Crippen molar-refractivity contribution in [2.24, 2.45) is 0 Å². The van der Waals surface area contributed by atoms with Gasteiger partial charge in [-0.1, -0.05) is 41.5 Å². The molecule has 2 unspecified atom stereocenters. The summed E-state index contributed by atoms with van der Waals surface area (Å²) in [5, 5.41) is 0. The molecule has 4 nitrogen and oxygen atoms in total. The van der Waals surface area contributed by atoms with E-state index in [4.69, 9.17) is 14.5 Å². The zero-order valence-corrected chi connectivity index (χ0v) is 23.8. The van der Waals surface area contributed by atoms with Crippen molar-refractivity contribution in [3.05, 3.63) is 93.7 Å². The van der Waals surface area contributed by atoms with E-state index in [-0.39, 0.29) is 12.2 Å². The van der Waals surface area contributed by atoms with Crippen LogP contribution < -0.4 is 4.57 Å². The van der Waals surface area contributed by atoms with Crippen molar-refractivity contribution < 1.29 is 14.0 Å². The summed E-state index contributed by atoms with van der Waals surface area (Å²) < 4.78 is 16.0. The maximum absolute atomic E-state index is 6.88. The molecule has 1 spiro atoms. The van der Waals surface area contributed by atoms with E-state index in [1.165, 1.54) is 33.4 Å². The minimum atomic E-state index is -1.04. The first-order chi connectivity index (χ1) is 18.1. The third-order valence-corrected chi connectivity index (χ3v) is 7.94. The first-order valence-corrected chi connectivity index (χ1v) is 13.7. The normalized spacial score (nSPS) is 22.0. The van der Waals surface area contributed by atoms with Crippen LogP contribution in [0.3, 0.4) is 0 Å². The molecule has 38 heavy (non-hydrogen) atoms. The first kappa shape index (κ1) is 25.0. The van der Waals surface area contributed by atoms with Gasteiger partial charge in [-0.05, 0) is 95.8 Å². The molecule has 2 aliphatic rings. The monoisotopic (exact) mass is 505 g/mol. The largest absolute Gasteiger partial charge is 0.422 e. The molecule has 4 heteroatoms. The van der Waals surface area contributed by atoms with Gasteiger partial charge in [0, 0.05) is 17.5 Å². The summed E-state index contributed by atoms with van der Waals surface area (Å²) in [6, 6.07) is 17.6.